The Kier molecular flexibility index (Phi) is 5.26. The van der Waals surface area contributed by atoms with Gasteiger partial charge in [0.05, 0.1) is 0 Å². The minimum absolute atomic E-state index is 0.0700. The highest BCUT2D eigenvalue weighted by atomic mass is 16.3. The van der Waals surface area contributed by atoms with Crippen molar-refractivity contribution in [2.45, 2.75) is 57.8 Å². The van der Waals surface area contributed by atoms with Crippen LogP contribution in [-0.2, 0) is 0 Å². The van der Waals surface area contributed by atoms with Crippen LogP contribution in [0, 0.1) is 6.92 Å². The maximum absolute atomic E-state index is 10.5. The predicted molar refractivity (Wildman–Crippen MR) is 115 cm³/mol. The number of benzene rings is 2. The molecule has 0 radical (unpaired) electrons. The Labute approximate surface area is 168 Å². The Morgan fingerprint density at radius 3 is 2.39 bits per heavy atom. The van der Waals surface area contributed by atoms with Crippen LogP contribution < -0.4 is 5.32 Å². The van der Waals surface area contributed by atoms with Crippen LogP contribution in [-0.4, -0.2) is 40.5 Å². The van der Waals surface area contributed by atoms with Gasteiger partial charge in [0, 0.05) is 42.9 Å². The lowest BCUT2D eigenvalue weighted by molar-refractivity contribution is 0.103. The van der Waals surface area contributed by atoms with E-state index in [1.54, 1.807) is 6.07 Å². The van der Waals surface area contributed by atoms with Crippen molar-refractivity contribution in [3.05, 3.63) is 65.2 Å². The molecular weight excluding hydrogens is 346 g/mol. The quantitative estimate of drug-likeness (QED) is 0.832. The first kappa shape index (κ1) is 19.2. The molecule has 1 saturated heterocycles. The molecule has 4 rings (SSSR count). The number of nitrogens with one attached hydrogen (secondary N) is 1. The summed E-state index contributed by atoms with van der Waals surface area (Å²) in [7, 11) is 0. The number of aromatic hydroxyl groups is 1. The van der Waals surface area contributed by atoms with Crippen LogP contribution in [0.1, 0.15) is 55.8 Å². The third-order valence-corrected chi connectivity index (χ3v) is 6.24. The number of hydrogen-bond acceptors (Lipinski definition) is 4. The lowest BCUT2D eigenvalue weighted by atomic mass is 9.87. The van der Waals surface area contributed by atoms with Crippen molar-refractivity contribution in [3.63, 3.8) is 0 Å². The van der Waals surface area contributed by atoms with E-state index in [1.165, 1.54) is 11.1 Å². The van der Waals surface area contributed by atoms with Crippen molar-refractivity contribution in [1.82, 2.24) is 10.2 Å². The fourth-order valence-corrected chi connectivity index (χ4v) is 4.47. The summed E-state index contributed by atoms with van der Waals surface area (Å²) in [5.41, 5.74) is 4.31. The second-order valence-electron chi connectivity index (χ2n) is 8.55. The summed E-state index contributed by atoms with van der Waals surface area (Å²) in [5.74, 6) is 0.361. The molecule has 2 aromatic carbocycles. The molecule has 1 fully saturated rings. The molecule has 0 saturated carbocycles. The van der Waals surface area contributed by atoms with E-state index in [4.69, 9.17) is 4.99 Å². The Morgan fingerprint density at radius 2 is 1.75 bits per heavy atom. The van der Waals surface area contributed by atoms with Gasteiger partial charge in [-0.05, 0) is 45.2 Å². The van der Waals surface area contributed by atoms with Gasteiger partial charge in [0.2, 0.25) is 0 Å². The Bertz CT molecular complexity index is 848. The van der Waals surface area contributed by atoms with E-state index in [-0.39, 0.29) is 11.7 Å². The van der Waals surface area contributed by atoms with Gasteiger partial charge in [-0.2, -0.15) is 0 Å². The zero-order chi connectivity index (χ0) is 19.7. The number of nitrogens with zero attached hydrogens (tertiary/aromatic N) is 2. The molecule has 2 N–H and O–H groups in total. The fraction of sp³-hybridized carbons (Fsp3) is 0.458. The summed E-state index contributed by atoms with van der Waals surface area (Å²) >= 11 is 0. The second kappa shape index (κ2) is 7.69. The van der Waals surface area contributed by atoms with Crippen LogP contribution in [0.25, 0.3) is 0 Å². The Hall–Kier alpha value is -2.17. The molecule has 0 amide bonds. The van der Waals surface area contributed by atoms with Gasteiger partial charge in [0.1, 0.15) is 11.4 Å². The second-order valence-corrected chi connectivity index (χ2v) is 8.55. The molecule has 1 spiro atoms. The Morgan fingerprint density at radius 1 is 1.07 bits per heavy atom. The van der Waals surface area contributed by atoms with E-state index < -0.39 is 0 Å². The van der Waals surface area contributed by atoms with Crippen molar-refractivity contribution >= 4 is 5.71 Å². The van der Waals surface area contributed by atoms with Crippen LogP contribution in [0.3, 0.4) is 0 Å². The van der Waals surface area contributed by atoms with E-state index in [0.29, 0.717) is 11.8 Å². The van der Waals surface area contributed by atoms with Crippen LogP contribution >= 0.6 is 0 Å². The van der Waals surface area contributed by atoms with Gasteiger partial charge in [-0.25, -0.2) is 0 Å². The summed E-state index contributed by atoms with van der Waals surface area (Å²) in [4.78, 5) is 7.79. The van der Waals surface area contributed by atoms with Crippen LogP contribution in [0.4, 0.5) is 0 Å². The summed E-state index contributed by atoms with van der Waals surface area (Å²) in [6.45, 7) is 8.73. The van der Waals surface area contributed by atoms with Gasteiger partial charge in [-0.15, -0.1) is 0 Å². The largest absolute Gasteiger partial charge is 0.508 e. The van der Waals surface area contributed by atoms with E-state index in [2.05, 4.69) is 55.3 Å². The van der Waals surface area contributed by atoms with E-state index in [9.17, 15) is 5.11 Å². The summed E-state index contributed by atoms with van der Waals surface area (Å²) in [6.07, 6.45) is 2.77. The number of aliphatic imine (C=N–C) groups is 1. The van der Waals surface area contributed by atoms with Gasteiger partial charge in [-0.3, -0.25) is 10.3 Å². The van der Waals surface area contributed by atoms with Crippen molar-refractivity contribution < 1.29 is 5.11 Å². The van der Waals surface area contributed by atoms with Crippen molar-refractivity contribution in [3.8, 4) is 5.75 Å². The molecule has 0 aliphatic carbocycles. The average molecular weight is 378 g/mol. The third kappa shape index (κ3) is 3.85. The molecule has 2 heterocycles. The number of phenols is 1. The first-order valence-electron chi connectivity index (χ1n) is 10.4. The summed E-state index contributed by atoms with van der Waals surface area (Å²) < 4.78 is 0. The molecule has 2 aliphatic rings. The summed E-state index contributed by atoms with van der Waals surface area (Å²) in [5, 5.41) is 14.3. The first-order chi connectivity index (χ1) is 13.5. The number of phenolic OH excluding ortho intramolecular Hbond substituents is 1. The first-order valence-corrected chi connectivity index (χ1v) is 10.4. The molecule has 4 nitrogen and oxygen atoms in total. The minimum Gasteiger partial charge on any atom is -0.508 e. The number of aryl methyl sites for hydroxylation is 1. The maximum Gasteiger partial charge on any atom is 0.120 e. The number of rotatable bonds is 3. The molecule has 0 unspecified atom stereocenters. The van der Waals surface area contributed by atoms with Gasteiger partial charge < -0.3 is 10.0 Å². The fourth-order valence-electron chi connectivity index (χ4n) is 4.47. The molecule has 2 aliphatic heterocycles. The van der Waals surface area contributed by atoms with Gasteiger partial charge in [0.15, 0.2) is 0 Å². The molecule has 0 bridgehead atoms. The molecule has 0 aromatic heterocycles. The highest BCUT2D eigenvalue weighted by molar-refractivity contribution is 6.01. The van der Waals surface area contributed by atoms with Crippen LogP contribution in [0.15, 0.2) is 53.5 Å². The molecule has 1 atom stereocenters. The highest BCUT2D eigenvalue weighted by Crippen LogP contribution is 2.37. The van der Waals surface area contributed by atoms with Gasteiger partial charge in [0.25, 0.3) is 0 Å². The third-order valence-electron chi connectivity index (χ3n) is 6.24. The Balaban J connectivity index is 1.69. The van der Waals surface area contributed by atoms with Crippen molar-refractivity contribution in [2.75, 3.05) is 13.1 Å². The normalized spacial score (nSPS) is 22.4. The van der Waals surface area contributed by atoms with Gasteiger partial charge in [-0.1, -0.05) is 48.0 Å². The molecule has 28 heavy (non-hydrogen) atoms. The van der Waals surface area contributed by atoms with E-state index in [1.807, 2.05) is 18.2 Å². The average Bonchev–Trinajstić information content (AvgIpc) is 2.69. The molecule has 4 heteroatoms. The van der Waals surface area contributed by atoms with E-state index >= 15 is 0 Å². The highest BCUT2D eigenvalue weighted by Gasteiger charge is 2.40. The lowest BCUT2D eigenvalue weighted by Gasteiger charge is -2.46. The zero-order valence-corrected chi connectivity index (χ0v) is 17.2. The molecule has 2 aromatic rings. The smallest absolute Gasteiger partial charge is 0.120 e. The number of likely N-dealkylation sites (tertiary alicyclic amines) is 1. The molecular formula is C24H31N3O. The van der Waals surface area contributed by atoms with E-state index in [0.717, 1.165) is 43.6 Å². The van der Waals surface area contributed by atoms with Gasteiger partial charge >= 0.3 is 0 Å². The van der Waals surface area contributed by atoms with Crippen molar-refractivity contribution in [1.29, 1.82) is 0 Å². The summed E-state index contributed by atoms with van der Waals surface area (Å²) in [6, 6.07) is 17.0. The topological polar surface area (TPSA) is 47.9 Å². The number of para-hydroxylation sites is 1. The number of piperidine rings is 1. The number of hydrogen-bond donors (Lipinski definition) is 2. The van der Waals surface area contributed by atoms with Crippen molar-refractivity contribution in [2.24, 2.45) is 4.99 Å². The standard InChI is InChI=1S/C24H31N3O/c1-17(2)27-14-12-24(13-15-27)25-21(19-10-8-18(3)9-11-19)16-22(26-24)20-6-4-5-7-23(20)28/h4-11,17,22,26,28H,12-16H2,1-3H3/t22-/m1/s1. The van der Waals surface area contributed by atoms with Crippen LogP contribution in [0.2, 0.25) is 0 Å². The SMILES string of the molecule is Cc1ccc(C2=NC3(CCN(C(C)C)CC3)N[C@@H](c3ccccc3O)C2)cc1. The maximum atomic E-state index is 10.5. The predicted octanol–water partition coefficient (Wildman–Crippen LogP) is 4.42. The minimum atomic E-state index is -0.253. The zero-order valence-electron chi connectivity index (χ0n) is 17.2. The monoisotopic (exact) mass is 377 g/mol. The lowest BCUT2D eigenvalue weighted by Crippen LogP contribution is -2.56. The van der Waals surface area contributed by atoms with Crippen LogP contribution in [0.5, 0.6) is 5.75 Å². The molecule has 148 valence electrons.